The van der Waals surface area contributed by atoms with Gasteiger partial charge in [-0.15, -0.1) is 0 Å². The maximum atomic E-state index is 11.2. The van der Waals surface area contributed by atoms with Crippen LogP contribution in [-0.2, 0) is 9.53 Å². The molecule has 2 aliphatic rings. The molecule has 0 radical (unpaired) electrons. The van der Waals surface area contributed by atoms with Gasteiger partial charge in [0.2, 0.25) is 0 Å². The van der Waals surface area contributed by atoms with Gasteiger partial charge in [0.25, 0.3) is 0 Å². The number of rotatable bonds is 1. The van der Waals surface area contributed by atoms with E-state index in [-0.39, 0.29) is 17.5 Å². The summed E-state index contributed by atoms with van der Waals surface area (Å²) in [7, 11) is 0. The summed E-state index contributed by atoms with van der Waals surface area (Å²) in [4.78, 5) is 11.2. The lowest BCUT2D eigenvalue weighted by atomic mass is 9.88. The topological polar surface area (TPSA) is 26.3 Å². The van der Waals surface area contributed by atoms with E-state index in [2.05, 4.69) is 20.8 Å². The van der Waals surface area contributed by atoms with Gasteiger partial charge in [0.05, 0.1) is 6.42 Å². The van der Waals surface area contributed by atoms with Crippen LogP contribution in [0.4, 0.5) is 0 Å². The third kappa shape index (κ3) is 1.27. The van der Waals surface area contributed by atoms with Crippen LogP contribution in [0, 0.1) is 17.3 Å². The Kier molecular flexibility index (Phi) is 1.90. The van der Waals surface area contributed by atoms with Crippen LogP contribution in [-0.4, -0.2) is 12.1 Å². The van der Waals surface area contributed by atoms with Crippen molar-refractivity contribution in [1.82, 2.24) is 0 Å². The lowest BCUT2D eigenvalue weighted by molar-refractivity contribution is -0.145. The fraction of sp³-hybridized carbons (Fsp3) is 0.909. The molecule has 0 N–H and O–H groups in total. The minimum Gasteiger partial charge on any atom is -0.461 e. The summed E-state index contributed by atoms with van der Waals surface area (Å²) in [6, 6.07) is 0. The number of carbonyl (C=O) groups is 1. The van der Waals surface area contributed by atoms with Crippen molar-refractivity contribution in [2.45, 2.75) is 46.1 Å². The first-order chi connectivity index (χ1) is 6.04. The molecular formula is C11H18O2. The zero-order chi connectivity index (χ0) is 9.64. The van der Waals surface area contributed by atoms with E-state index in [1.165, 1.54) is 12.8 Å². The summed E-state index contributed by atoms with van der Waals surface area (Å²) >= 11 is 0. The van der Waals surface area contributed by atoms with Gasteiger partial charge >= 0.3 is 5.97 Å². The third-order valence-electron chi connectivity index (χ3n) is 3.74. The Labute approximate surface area is 79.7 Å². The van der Waals surface area contributed by atoms with Crippen molar-refractivity contribution in [3.63, 3.8) is 0 Å². The molecule has 0 bridgehead atoms. The highest BCUT2D eigenvalue weighted by Gasteiger charge is 2.53. The standard InChI is InChI=1S/C11H18O2/c1-4-7-6-11(2,3)10-8(7)5-9(12)13-10/h7-8,10H,4-6H2,1-3H3/t7-,8-,10-/m1/s1. The Morgan fingerprint density at radius 1 is 1.54 bits per heavy atom. The smallest absolute Gasteiger partial charge is 0.306 e. The van der Waals surface area contributed by atoms with Crippen LogP contribution in [0.5, 0.6) is 0 Å². The first-order valence-electron chi connectivity index (χ1n) is 5.24. The molecule has 2 fully saturated rings. The zero-order valence-corrected chi connectivity index (χ0v) is 8.67. The van der Waals surface area contributed by atoms with Crippen molar-refractivity contribution in [1.29, 1.82) is 0 Å². The average Bonchev–Trinajstić information content (AvgIpc) is 2.51. The molecule has 74 valence electrons. The molecule has 0 aromatic rings. The molecule has 0 aromatic heterocycles. The maximum Gasteiger partial charge on any atom is 0.306 e. The molecule has 0 amide bonds. The van der Waals surface area contributed by atoms with Gasteiger partial charge in [-0.1, -0.05) is 27.2 Å². The molecule has 3 atom stereocenters. The van der Waals surface area contributed by atoms with Gasteiger partial charge in [-0.25, -0.2) is 0 Å². The van der Waals surface area contributed by atoms with E-state index in [1.54, 1.807) is 0 Å². The van der Waals surface area contributed by atoms with Crippen molar-refractivity contribution in [3.8, 4) is 0 Å². The Morgan fingerprint density at radius 3 is 2.85 bits per heavy atom. The molecule has 2 heteroatoms. The van der Waals surface area contributed by atoms with E-state index in [9.17, 15) is 4.79 Å². The second-order valence-corrected chi connectivity index (χ2v) is 5.14. The van der Waals surface area contributed by atoms with E-state index in [0.29, 0.717) is 18.3 Å². The molecule has 2 nitrogen and oxygen atoms in total. The summed E-state index contributed by atoms with van der Waals surface area (Å²) < 4.78 is 5.39. The maximum absolute atomic E-state index is 11.2. The predicted octanol–water partition coefficient (Wildman–Crippen LogP) is 2.37. The molecule has 1 aliphatic heterocycles. The van der Waals surface area contributed by atoms with Crippen LogP contribution >= 0.6 is 0 Å². The van der Waals surface area contributed by atoms with Crippen LogP contribution in [0.1, 0.15) is 40.0 Å². The van der Waals surface area contributed by atoms with Crippen molar-refractivity contribution >= 4 is 5.97 Å². The fourth-order valence-electron chi connectivity index (χ4n) is 3.12. The van der Waals surface area contributed by atoms with Gasteiger partial charge in [-0.2, -0.15) is 0 Å². The number of hydrogen-bond donors (Lipinski definition) is 0. The average molecular weight is 182 g/mol. The van der Waals surface area contributed by atoms with Crippen molar-refractivity contribution in [2.24, 2.45) is 17.3 Å². The van der Waals surface area contributed by atoms with Gasteiger partial charge in [0.15, 0.2) is 0 Å². The highest BCUT2D eigenvalue weighted by atomic mass is 16.6. The van der Waals surface area contributed by atoms with Crippen molar-refractivity contribution < 1.29 is 9.53 Å². The lowest BCUT2D eigenvalue weighted by Gasteiger charge is -2.24. The van der Waals surface area contributed by atoms with Crippen molar-refractivity contribution in [2.75, 3.05) is 0 Å². The predicted molar refractivity (Wildman–Crippen MR) is 50.2 cm³/mol. The van der Waals surface area contributed by atoms with Gasteiger partial charge in [-0.3, -0.25) is 4.79 Å². The first-order valence-corrected chi connectivity index (χ1v) is 5.24. The number of fused-ring (bicyclic) bond motifs is 1. The summed E-state index contributed by atoms with van der Waals surface area (Å²) in [5.41, 5.74) is 0.206. The summed E-state index contributed by atoms with van der Waals surface area (Å²) in [6.07, 6.45) is 3.25. The lowest BCUT2D eigenvalue weighted by Crippen LogP contribution is -2.26. The zero-order valence-electron chi connectivity index (χ0n) is 8.67. The Balaban J connectivity index is 2.22. The monoisotopic (exact) mass is 182 g/mol. The molecule has 0 aromatic carbocycles. The van der Waals surface area contributed by atoms with E-state index in [0.717, 1.165) is 0 Å². The molecule has 1 saturated carbocycles. The Hall–Kier alpha value is -0.530. The largest absolute Gasteiger partial charge is 0.461 e. The molecule has 13 heavy (non-hydrogen) atoms. The molecule has 1 aliphatic carbocycles. The highest BCUT2D eigenvalue weighted by molar-refractivity contribution is 5.72. The van der Waals surface area contributed by atoms with Crippen LogP contribution in [0.15, 0.2) is 0 Å². The molecule has 1 heterocycles. The third-order valence-corrected chi connectivity index (χ3v) is 3.74. The van der Waals surface area contributed by atoms with Gasteiger partial charge in [-0.05, 0) is 12.3 Å². The second kappa shape index (κ2) is 2.73. The van der Waals surface area contributed by atoms with Crippen molar-refractivity contribution in [3.05, 3.63) is 0 Å². The van der Waals surface area contributed by atoms with E-state index in [4.69, 9.17) is 4.74 Å². The van der Waals surface area contributed by atoms with Crippen LogP contribution < -0.4 is 0 Å². The quantitative estimate of drug-likeness (QED) is 0.582. The first kappa shape index (κ1) is 9.04. The molecule has 0 spiro atoms. The van der Waals surface area contributed by atoms with Gasteiger partial charge < -0.3 is 4.74 Å². The summed E-state index contributed by atoms with van der Waals surface area (Å²) in [5, 5.41) is 0. The highest BCUT2D eigenvalue weighted by Crippen LogP contribution is 2.52. The Bertz CT molecular complexity index is 232. The van der Waals surface area contributed by atoms with Crippen LogP contribution in [0.3, 0.4) is 0 Å². The van der Waals surface area contributed by atoms with E-state index in [1.807, 2.05) is 0 Å². The number of ether oxygens (including phenoxy) is 1. The molecule has 1 saturated heterocycles. The van der Waals surface area contributed by atoms with E-state index >= 15 is 0 Å². The van der Waals surface area contributed by atoms with E-state index < -0.39 is 0 Å². The number of hydrogen-bond acceptors (Lipinski definition) is 2. The summed E-state index contributed by atoms with van der Waals surface area (Å²) in [6.45, 7) is 6.66. The second-order valence-electron chi connectivity index (χ2n) is 5.14. The SMILES string of the molecule is CC[C@@H]1CC(C)(C)[C@@H]2OC(=O)C[C@H]12. The molecule has 0 unspecified atom stereocenters. The van der Waals surface area contributed by atoms with Crippen LogP contribution in [0.2, 0.25) is 0 Å². The van der Waals surface area contributed by atoms with Crippen LogP contribution in [0.25, 0.3) is 0 Å². The fourth-order valence-corrected chi connectivity index (χ4v) is 3.12. The minimum atomic E-state index is 0.0150. The normalized spacial score (nSPS) is 41.8. The number of carbonyl (C=O) groups excluding carboxylic acids is 1. The Morgan fingerprint density at radius 2 is 2.23 bits per heavy atom. The van der Waals surface area contributed by atoms with Gasteiger partial charge in [0, 0.05) is 11.3 Å². The number of esters is 1. The molecular weight excluding hydrogens is 164 g/mol. The van der Waals surface area contributed by atoms with Gasteiger partial charge in [0.1, 0.15) is 6.10 Å². The summed E-state index contributed by atoms with van der Waals surface area (Å²) in [5.74, 6) is 1.22. The minimum absolute atomic E-state index is 0.0150. The molecule has 2 rings (SSSR count).